The summed E-state index contributed by atoms with van der Waals surface area (Å²) in [4.78, 5) is 14.2. The van der Waals surface area contributed by atoms with Gasteiger partial charge in [0.1, 0.15) is 6.26 Å². The van der Waals surface area contributed by atoms with Gasteiger partial charge in [0.15, 0.2) is 5.69 Å². The molecule has 1 aromatic heterocycles. The molecule has 100 valence electrons. The van der Waals surface area contributed by atoms with Crippen molar-refractivity contribution in [2.45, 2.75) is 26.2 Å². The molecule has 18 heavy (non-hydrogen) atoms. The molecule has 2 heterocycles. The van der Waals surface area contributed by atoms with Crippen LogP contribution in [0.15, 0.2) is 16.9 Å². The van der Waals surface area contributed by atoms with E-state index >= 15 is 0 Å². The molecule has 1 amide bonds. The SMILES string of the molecule is CCCN(CC1CCNCC1)C(=O)c1ccon1. The fraction of sp³-hybridized carbons (Fsp3) is 0.692. The minimum absolute atomic E-state index is 0.0101. The average Bonchev–Trinajstić information content (AvgIpc) is 2.92. The molecule has 0 unspecified atom stereocenters. The molecule has 1 aliphatic rings. The predicted octanol–water partition coefficient (Wildman–Crippen LogP) is 1.53. The number of piperidine rings is 1. The lowest BCUT2D eigenvalue weighted by Gasteiger charge is -2.29. The molecular formula is C13H21N3O2. The largest absolute Gasteiger partial charge is 0.364 e. The second kappa shape index (κ2) is 6.54. The molecule has 0 aliphatic carbocycles. The highest BCUT2D eigenvalue weighted by molar-refractivity contribution is 5.92. The monoisotopic (exact) mass is 251 g/mol. The maximum absolute atomic E-state index is 12.3. The van der Waals surface area contributed by atoms with Crippen LogP contribution in [0.3, 0.4) is 0 Å². The van der Waals surface area contributed by atoms with E-state index in [9.17, 15) is 4.79 Å². The van der Waals surface area contributed by atoms with Crippen molar-refractivity contribution in [3.8, 4) is 0 Å². The van der Waals surface area contributed by atoms with E-state index in [2.05, 4.69) is 17.4 Å². The van der Waals surface area contributed by atoms with Gasteiger partial charge in [-0.15, -0.1) is 0 Å². The van der Waals surface area contributed by atoms with Crippen LogP contribution in [0, 0.1) is 5.92 Å². The number of rotatable bonds is 5. The molecule has 1 saturated heterocycles. The Labute approximate surface area is 108 Å². The second-order valence-corrected chi connectivity index (χ2v) is 4.83. The molecule has 2 rings (SSSR count). The molecule has 1 fully saturated rings. The lowest BCUT2D eigenvalue weighted by Crippen LogP contribution is -2.39. The van der Waals surface area contributed by atoms with Crippen molar-refractivity contribution in [1.29, 1.82) is 0 Å². The third kappa shape index (κ3) is 3.32. The van der Waals surface area contributed by atoms with Crippen molar-refractivity contribution >= 4 is 5.91 Å². The Morgan fingerprint density at radius 3 is 2.94 bits per heavy atom. The van der Waals surface area contributed by atoms with Gasteiger partial charge in [-0.1, -0.05) is 12.1 Å². The first-order valence-corrected chi connectivity index (χ1v) is 6.71. The molecule has 0 spiro atoms. The van der Waals surface area contributed by atoms with Gasteiger partial charge in [0, 0.05) is 19.2 Å². The number of carbonyl (C=O) groups is 1. The summed E-state index contributed by atoms with van der Waals surface area (Å²) in [5.41, 5.74) is 0.414. The van der Waals surface area contributed by atoms with E-state index in [1.54, 1.807) is 6.07 Å². The first-order chi connectivity index (χ1) is 8.81. The van der Waals surface area contributed by atoms with Crippen molar-refractivity contribution in [3.05, 3.63) is 18.0 Å². The lowest BCUT2D eigenvalue weighted by atomic mass is 9.97. The van der Waals surface area contributed by atoms with Crippen LogP contribution in [0.4, 0.5) is 0 Å². The fourth-order valence-electron chi connectivity index (χ4n) is 2.41. The number of carbonyl (C=O) groups excluding carboxylic acids is 1. The molecular weight excluding hydrogens is 230 g/mol. The Hall–Kier alpha value is -1.36. The fourth-order valence-corrected chi connectivity index (χ4v) is 2.41. The molecule has 0 atom stereocenters. The standard InChI is InChI=1S/C13H21N3O2/c1-2-8-16(10-11-3-6-14-7-4-11)13(17)12-5-9-18-15-12/h5,9,11,14H,2-4,6-8,10H2,1H3. The molecule has 0 saturated carbocycles. The third-order valence-electron chi connectivity index (χ3n) is 3.37. The lowest BCUT2D eigenvalue weighted by molar-refractivity contribution is 0.0706. The zero-order chi connectivity index (χ0) is 12.8. The Kier molecular flexibility index (Phi) is 4.75. The Balaban J connectivity index is 1.96. The van der Waals surface area contributed by atoms with Crippen molar-refractivity contribution in [1.82, 2.24) is 15.4 Å². The summed E-state index contributed by atoms with van der Waals surface area (Å²) in [7, 11) is 0. The maximum Gasteiger partial charge on any atom is 0.276 e. The molecule has 5 heteroatoms. The zero-order valence-electron chi connectivity index (χ0n) is 10.9. The minimum atomic E-state index is -0.0101. The van der Waals surface area contributed by atoms with Gasteiger partial charge >= 0.3 is 0 Å². The number of aromatic nitrogens is 1. The summed E-state index contributed by atoms with van der Waals surface area (Å²) in [5.74, 6) is 0.595. The maximum atomic E-state index is 12.3. The summed E-state index contributed by atoms with van der Waals surface area (Å²) in [6.07, 6.45) is 4.70. The Bertz CT molecular complexity index is 358. The van der Waals surface area contributed by atoms with E-state index in [4.69, 9.17) is 4.52 Å². The highest BCUT2D eigenvalue weighted by atomic mass is 16.5. The van der Waals surface area contributed by atoms with Gasteiger partial charge in [-0.05, 0) is 38.3 Å². The summed E-state index contributed by atoms with van der Waals surface area (Å²) < 4.78 is 4.75. The highest BCUT2D eigenvalue weighted by Crippen LogP contribution is 2.15. The van der Waals surface area contributed by atoms with E-state index < -0.39 is 0 Å². The van der Waals surface area contributed by atoms with E-state index in [1.807, 2.05) is 4.90 Å². The summed E-state index contributed by atoms with van der Waals surface area (Å²) >= 11 is 0. The Morgan fingerprint density at radius 2 is 2.33 bits per heavy atom. The van der Waals surface area contributed by atoms with Crippen LogP contribution in [-0.4, -0.2) is 42.1 Å². The van der Waals surface area contributed by atoms with Gasteiger partial charge in [0.25, 0.3) is 5.91 Å². The predicted molar refractivity (Wildman–Crippen MR) is 68.3 cm³/mol. The summed E-state index contributed by atoms with van der Waals surface area (Å²) in [6, 6.07) is 1.63. The van der Waals surface area contributed by atoms with Crippen LogP contribution < -0.4 is 5.32 Å². The summed E-state index contributed by atoms with van der Waals surface area (Å²) in [6.45, 7) is 5.83. The van der Waals surface area contributed by atoms with Gasteiger partial charge in [0.2, 0.25) is 0 Å². The van der Waals surface area contributed by atoms with Gasteiger partial charge in [-0.3, -0.25) is 4.79 Å². The van der Waals surface area contributed by atoms with Crippen LogP contribution in [0.5, 0.6) is 0 Å². The average molecular weight is 251 g/mol. The number of nitrogens with zero attached hydrogens (tertiary/aromatic N) is 2. The van der Waals surface area contributed by atoms with Crippen molar-refractivity contribution in [2.75, 3.05) is 26.2 Å². The third-order valence-corrected chi connectivity index (χ3v) is 3.37. The molecule has 0 aromatic carbocycles. The van der Waals surface area contributed by atoms with Crippen molar-refractivity contribution < 1.29 is 9.32 Å². The molecule has 5 nitrogen and oxygen atoms in total. The van der Waals surface area contributed by atoms with Crippen LogP contribution in [0.2, 0.25) is 0 Å². The molecule has 0 radical (unpaired) electrons. The minimum Gasteiger partial charge on any atom is -0.364 e. The van der Waals surface area contributed by atoms with Gasteiger partial charge in [-0.25, -0.2) is 0 Å². The quantitative estimate of drug-likeness (QED) is 0.862. The first kappa shape index (κ1) is 13.1. The van der Waals surface area contributed by atoms with Gasteiger partial charge in [0.05, 0.1) is 0 Å². The van der Waals surface area contributed by atoms with Gasteiger partial charge in [-0.2, -0.15) is 0 Å². The summed E-state index contributed by atoms with van der Waals surface area (Å²) in [5, 5.41) is 7.08. The van der Waals surface area contributed by atoms with Gasteiger partial charge < -0.3 is 14.7 Å². The number of nitrogens with one attached hydrogen (secondary N) is 1. The second-order valence-electron chi connectivity index (χ2n) is 4.83. The highest BCUT2D eigenvalue weighted by Gasteiger charge is 2.22. The molecule has 1 aromatic rings. The van der Waals surface area contributed by atoms with E-state index in [1.165, 1.54) is 6.26 Å². The van der Waals surface area contributed by atoms with E-state index in [0.29, 0.717) is 11.6 Å². The molecule has 1 N–H and O–H groups in total. The number of hydrogen-bond donors (Lipinski definition) is 1. The number of amides is 1. The van der Waals surface area contributed by atoms with Crippen LogP contribution >= 0.6 is 0 Å². The molecule has 0 bridgehead atoms. The zero-order valence-corrected chi connectivity index (χ0v) is 10.9. The number of hydrogen-bond acceptors (Lipinski definition) is 4. The van der Waals surface area contributed by atoms with Crippen LogP contribution in [-0.2, 0) is 0 Å². The van der Waals surface area contributed by atoms with Crippen molar-refractivity contribution in [2.24, 2.45) is 5.92 Å². The van der Waals surface area contributed by atoms with E-state index in [0.717, 1.165) is 45.4 Å². The van der Waals surface area contributed by atoms with Crippen LogP contribution in [0.25, 0.3) is 0 Å². The van der Waals surface area contributed by atoms with E-state index in [-0.39, 0.29) is 5.91 Å². The van der Waals surface area contributed by atoms with Crippen molar-refractivity contribution in [3.63, 3.8) is 0 Å². The normalized spacial score (nSPS) is 16.7. The van der Waals surface area contributed by atoms with Crippen LogP contribution in [0.1, 0.15) is 36.7 Å². The first-order valence-electron chi connectivity index (χ1n) is 6.71. The molecule has 1 aliphatic heterocycles. The Morgan fingerprint density at radius 1 is 1.56 bits per heavy atom. The topological polar surface area (TPSA) is 58.4 Å². The smallest absolute Gasteiger partial charge is 0.276 e.